The van der Waals surface area contributed by atoms with Crippen LogP contribution in [0.5, 0.6) is 5.75 Å². The van der Waals surface area contributed by atoms with Gasteiger partial charge in [0.1, 0.15) is 12.4 Å². The molecular formula is C20H28N4O4. The molecule has 2 aromatic rings. The summed E-state index contributed by atoms with van der Waals surface area (Å²) in [5.41, 5.74) is 1.19. The van der Waals surface area contributed by atoms with Crippen LogP contribution in [-0.4, -0.2) is 60.8 Å². The minimum absolute atomic E-state index is 0.197. The van der Waals surface area contributed by atoms with Crippen molar-refractivity contribution in [3.63, 3.8) is 0 Å². The molecule has 152 valence electrons. The quantitative estimate of drug-likeness (QED) is 0.703. The fourth-order valence-electron chi connectivity index (χ4n) is 3.25. The molecule has 0 unspecified atom stereocenters. The number of methoxy groups -OCH3 is 1. The summed E-state index contributed by atoms with van der Waals surface area (Å²) < 4.78 is 15.9. The van der Waals surface area contributed by atoms with Crippen LogP contribution in [0.2, 0.25) is 0 Å². The molecule has 8 heteroatoms. The van der Waals surface area contributed by atoms with Crippen LogP contribution in [-0.2, 0) is 11.3 Å². The summed E-state index contributed by atoms with van der Waals surface area (Å²) in [5.74, 6) is 1.36. The zero-order valence-electron chi connectivity index (χ0n) is 16.5. The van der Waals surface area contributed by atoms with Gasteiger partial charge in [-0.05, 0) is 44.4 Å². The minimum atomic E-state index is -0.221. The van der Waals surface area contributed by atoms with Gasteiger partial charge < -0.3 is 24.2 Å². The molecule has 3 rings (SSSR count). The molecule has 1 N–H and O–H groups in total. The molecule has 0 spiro atoms. The summed E-state index contributed by atoms with van der Waals surface area (Å²) in [5, 5.41) is 6.82. The zero-order valence-corrected chi connectivity index (χ0v) is 16.5. The van der Waals surface area contributed by atoms with Crippen LogP contribution in [0.15, 0.2) is 28.9 Å². The Labute approximate surface area is 165 Å². The Kier molecular flexibility index (Phi) is 7.39. The molecule has 0 aromatic carbocycles. The highest BCUT2D eigenvalue weighted by Crippen LogP contribution is 2.16. The first kappa shape index (κ1) is 20.3. The van der Waals surface area contributed by atoms with Gasteiger partial charge >= 0.3 is 0 Å². The van der Waals surface area contributed by atoms with E-state index in [2.05, 4.69) is 20.4 Å². The number of carbonyl (C=O) groups is 1. The second-order valence-corrected chi connectivity index (χ2v) is 7.11. The van der Waals surface area contributed by atoms with Crippen LogP contribution in [0.1, 0.15) is 34.8 Å². The van der Waals surface area contributed by atoms with E-state index < -0.39 is 0 Å². The Hall–Kier alpha value is -2.45. The van der Waals surface area contributed by atoms with Crippen molar-refractivity contribution >= 4 is 5.91 Å². The van der Waals surface area contributed by atoms with Crippen LogP contribution in [0, 0.1) is 12.8 Å². The summed E-state index contributed by atoms with van der Waals surface area (Å²) in [4.78, 5) is 18.9. The Morgan fingerprint density at radius 1 is 1.43 bits per heavy atom. The van der Waals surface area contributed by atoms with Crippen molar-refractivity contribution in [3.05, 3.63) is 41.5 Å². The van der Waals surface area contributed by atoms with Crippen LogP contribution in [0.4, 0.5) is 0 Å². The lowest BCUT2D eigenvalue weighted by molar-refractivity contribution is 0.0904. The van der Waals surface area contributed by atoms with E-state index in [1.165, 1.54) is 0 Å². The first-order chi connectivity index (χ1) is 13.6. The van der Waals surface area contributed by atoms with E-state index in [4.69, 9.17) is 14.0 Å². The smallest absolute Gasteiger partial charge is 0.273 e. The van der Waals surface area contributed by atoms with Crippen LogP contribution < -0.4 is 10.1 Å². The normalized spacial score (nSPS) is 17.4. The predicted molar refractivity (Wildman–Crippen MR) is 103 cm³/mol. The molecule has 0 aliphatic carbocycles. The first-order valence-corrected chi connectivity index (χ1v) is 9.64. The van der Waals surface area contributed by atoms with Gasteiger partial charge in [0.15, 0.2) is 11.5 Å². The zero-order chi connectivity index (χ0) is 19.8. The number of aromatic nitrogens is 2. The van der Waals surface area contributed by atoms with Crippen molar-refractivity contribution in [2.24, 2.45) is 5.92 Å². The molecule has 8 nitrogen and oxygen atoms in total. The van der Waals surface area contributed by atoms with Crippen molar-refractivity contribution in [2.45, 2.75) is 26.4 Å². The number of likely N-dealkylation sites (tertiary alicyclic amines) is 1. The molecule has 0 bridgehead atoms. The maximum atomic E-state index is 12.3. The lowest BCUT2D eigenvalue weighted by Gasteiger charge is -2.32. The summed E-state index contributed by atoms with van der Waals surface area (Å²) >= 11 is 0. The summed E-state index contributed by atoms with van der Waals surface area (Å²) in [7, 11) is 1.72. The van der Waals surface area contributed by atoms with Gasteiger partial charge in [0, 0.05) is 38.5 Å². The van der Waals surface area contributed by atoms with E-state index in [0.29, 0.717) is 24.0 Å². The highest BCUT2D eigenvalue weighted by atomic mass is 16.5. The van der Waals surface area contributed by atoms with E-state index in [9.17, 15) is 4.79 Å². The third-order valence-electron chi connectivity index (χ3n) is 4.82. The highest BCUT2D eigenvalue weighted by molar-refractivity contribution is 5.92. The van der Waals surface area contributed by atoms with E-state index in [1.54, 1.807) is 19.4 Å². The molecule has 1 fully saturated rings. The lowest BCUT2D eigenvalue weighted by atomic mass is 9.98. The summed E-state index contributed by atoms with van der Waals surface area (Å²) in [6, 6.07) is 5.32. The first-order valence-electron chi connectivity index (χ1n) is 9.64. The molecular weight excluding hydrogens is 360 g/mol. The van der Waals surface area contributed by atoms with Crippen LogP contribution >= 0.6 is 0 Å². The van der Waals surface area contributed by atoms with Gasteiger partial charge in [-0.3, -0.25) is 9.78 Å². The average molecular weight is 388 g/mol. The van der Waals surface area contributed by atoms with Gasteiger partial charge in [0.05, 0.1) is 12.8 Å². The van der Waals surface area contributed by atoms with E-state index in [-0.39, 0.29) is 18.2 Å². The fraction of sp³-hybridized carbons (Fsp3) is 0.550. The number of hydrogen-bond acceptors (Lipinski definition) is 7. The van der Waals surface area contributed by atoms with Gasteiger partial charge in [-0.15, -0.1) is 0 Å². The molecule has 0 radical (unpaired) electrons. The summed E-state index contributed by atoms with van der Waals surface area (Å²) in [6.07, 6.45) is 3.91. The van der Waals surface area contributed by atoms with Gasteiger partial charge in [0.2, 0.25) is 0 Å². The number of rotatable bonds is 9. The predicted octanol–water partition coefficient (Wildman–Crippen LogP) is 2.05. The Bertz CT molecular complexity index is 747. The van der Waals surface area contributed by atoms with Gasteiger partial charge in [0.25, 0.3) is 5.91 Å². The maximum Gasteiger partial charge on any atom is 0.273 e. The third-order valence-corrected chi connectivity index (χ3v) is 4.82. The Morgan fingerprint density at radius 2 is 2.32 bits per heavy atom. The van der Waals surface area contributed by atoms with Crippen LogP contribution in [0.25, 0.3) is 0 Å². The summed E-state index contributed by atoms with van der Waals surface area (Å²) in [6.45, 7) is 6.49. The number of ether oxygens (including phenoxy) is 2. The molecule has 2 aromatic heterocycles. The molecule has 0 saturated carbocycles. The second kappa shape index (κ2) is 10.2. The number of pyridine rings is 1. The molecule has 1 amide bonds. The van der Waals surface area contributed by atoms with Gasteiger partial charge in [-0.1, -0.05) is 5.16 Å². The lowest BCUT2D eigenvalue weighted by Crippen LogP contribution is -2.42. The largest absolute Gasteiger partial charge is 0.484 e. The minimum Gasteiger partial charge on any atom is -0.484 e. The topological polar surface area (TPSA) is 89.7 Å². The molecule has 1 saturated heterocycles. The van der Waals surface area contributed by atoms with Gasteiger partial charge in [-0.2, -0.15) is 0 Å². The number of hydrogen-bond donors (Lipinski definition) is 1. The van der Waals surface area contributed by atoms with E-state index in [0.717, 1.165) is 44.8 Å². The molecule has 3 heterocycles. The van der Waals surface area contributed by atoms with Crippen molar-refractivity contribution in [3.8, 4) is 5.75 Å². The number of carbonyl (C=O) groups excluding carboxylic acids is 1. The number of piperidine rings is 1. The Morgan fingerprint density at radius 3 is 3.11 bits per heavy atom. The maximum absolute atomic E-state index is 12.3. The van der Waals surface area contributed by atoms with Crippen molar-refractivity contribution in [2.75, 3.05) is 39.9 Å². The number of nitrogens with one attached hydrogen (secondary N) is 1. The van der Waals surface area contributed by atoms with Crippen molar-refractivity contribution in [1.82, 2.24) is 20.4 Å². The van der Waals surface area contributed by atoms with E-state index in [1.807, 2.05) is 19.1 Å². The second-order valence-electron chi connectivity index (χ2n) is 7.11. The fourth-order valence-corrected chi connectivity index (χ4v) is 3.25. The van der Waals surface area contributed by atoms with Crippen LogP contribution in [0.3, 0.4) is 0 Å². The van der Waals surface area contributed by atoms with Crippen molar-refractivity contribution < 1.29 is 18.8 Å². The van der Waals surface area contributed by atoms with E-state index >= 15 is 0 Å². The molecule has 1 atom stereocenters. The van der Waals surface area contributed by atoms with Crippen molar-refractivity contribution in [1.29, 1.82) is 0 Å². The third kappa shape index (κ3) is 6.03. The molecule has 1 aliphatic rings. The standard InChI is InChI=1S/C20H28N4O4/c1-15-5-6-17(12-21-15)27-14-18-10-19(23-28-18)20(25)22-11-16-4-3-7-24(13-16)8-9-26-2/h5-6,10,12,16H,3-4,7-9,11,13-14H2,1-2H3,(H,22,25)/t16-/m0/s1. The molecule has 1 aliphatic heterocycles. The Balaban J connectivity index is 1.43. The number of aryl methyl sites for hydroxylation is 1. The number of nitrogens with zero attached hydrogens (tertiary/aromatic N) is 3. The SMILES string of the molecule is COCCN1CCC[C@@H](CNC(=O)c2cc(COc3ccc(C)nc3)on2)C1. The number of amides is 1. The highest BCUT2D eigenvalue weighted by Gasteiger charge is 2.21. The average Bonchev–Trinajstić information content (AvgIpc) is 3.19. The van der Waals surface area contributed by atoms with Gasteiger partial charge in [-0.25, -0.2) is 0 Å². The monoisotopic (exact) mass is 388 g/mol. The molecule has 28 heavy (non-hydrogen) atoms.